The maximum Gasteiger partial charge on any atom is 0.201 e. The zero-order valence-corrected chi connectivity index (χ0v) is 6.86. The van der Waals surface area contributed by atoms with Crippen molar-refractivity contribution in [3.63, 3.8) is 0 Å². The van der Waals surface area contributed by atoms with E-state index in [2.05, 4.69) is 15.2 Å². The Morgan fingerprint density at radius 3 is 2.85 bits per heavy atom. The number of aliphatic hydroxyl groups is 1. The van der Waals surface area contributed by atoms with Crippen molar-refractivity contribution in [1.82, 2.24) is 19.8 Å². The van der Waals surface area contributed by atoms with E-state index in [0.717, 1.165) is 0 Å². The van der Waals surface area contributed by atoms with Gasteiger partial charge in [0.1, 0.15) is 11.5 Å². The highest BCUT2D eigenvalue weighted by Crippen LogP contribution is 2.17. The molecule has 13 heavy (non-hydrogen) atoms. The van der Waals surface area contributed by atoms with Gasteiger partial charge in [-0.1, -0.05) is 0 Å². The molecule has 0 aromatic carbocycles. The molecule has 2 rings (SSSR count). The van der Waals surface area contributed by atoms with E-state index in [1.165, 1.54) is 4.63 Å². The smallest absolute Gasteiger partial charge is 0.201 e. The van der Waals surface area contributed by atoms with Gasteiger partial charge < -0.3 is 16.6 Å². The molecule has 0 aliphatic heterocycles. The van der Waals surface area contributed by atoms with Crippen LogP contribution in [0.4, 0.5) is 11.5 Å². The Morgan fingerprint density at radius 1 is 1.46 bits per heavy atom. The molecular weight excluding hydrogens is 172 g/mol. The maximum atomic E-state index is 8.66. The number of hydrogen-bond acceptors (Lipinski definition) is 5. The average Bonchev–Trinajstić information content (AvgIpc) is 2.56. The second-order valence-corrected chi connectivity index (χ2v) is 2.68. The van der Waals surface area contributed by atoms with Gasteiger partial charge in [0.25, 0.3) is 0 Å². The first kappa shape index (κ1) is 7.87. The van der Waals surface area contributed by atoms with Gasteiger partial charge in [-0.3, -0.25) is 5.10 Å². The van der Waals surface area contributed by atoms with Gasteiger partial charge in [-0.05, 0) is 0 Å². The molecule has 0 bridgehead atoms. The molecule has 0 amide bonds. The van der Waals surface area contributed by atoms with Crippen molar-refractivity contribution in [3.8, 4) is 0 Å². The normalized spacial score (nSPS) is 11.2. The lowest BCUT2D eigenvalue weighted by atomic mass is 10.4. The number of aromatic amines is 1. The molecule has 7 nitrogen and oxygen atoms in total. The molecule has 0 aliphatic carbocycles. The number of H-pyrrole nitrogens is 1. The van der Waals surface area contributed by atoms with Crippen molar-refractivity contribution in [1.29, 1.82) is 0 Å². The highest BCUT2D eigenvalue weighted by Gasteiger charge is 2.10. The Labute approximate surface area is 73.3 Å². The van der Waals surface area contributed by atoms with E-state index >= 15 is 0 Å². The van der Waals surface area contributed by atoms with Crippen molar-refractivity contribution in [2.24, 2.45) is 0 Å². The number of anilines is 2. The minimum atomic E-state index is 0.0338. The SMILES string of the molecule is Nc1nn2[nH]c(CCO)nc2c1N. The van der Waals surface area contributed by atoms with Gasteiger partial charge >= 0.3 is 0 Å². The lowest BCUT2D eigenvalue weighted by Gasteiger charge is -1.88. The molecule has 0 aliphatic rings. The zero-order chi connectivity index (χ0) is 9.42. The molecule has 0 spiro atoms. The highest BCUT2D eigenvalue weighted by atomic mass is 16.3. The molecule has 70 valence electrons. The third kappa shape index (κ3) is 1.09. The number of rotatable bonds is 2. The molecule has 2 aromatic rings. The van der Waals surface area contributed by atoms with E-state index in [1.54, 1.807) is 0 Å². The fourth-order valence-corrected chi connectivity index (χ4v) is 1.12. The van der Waals surface area contributed by atoms with E-state index in [0.29, 0.717) is 23.6 Å². The van der Waals surface area contributed by atoms with Crippen LogP contribution >= 0.6 is 0 Å². The van der Waals surface area contributed by atoms with Crippen LogP contribution in [0.15, 0.2) is 0 Å². The molecule has 0 fully saturated rings. The number of aliphatic hydroxyl groups excluding tert-OH is 1. The van der Waals surface area contributed by atoms with Crippen LogP contribution in [0.25, 0.3) is 5.65 Å². The summed E-state index contributed by atoms with van der Waals surface area (Å²) in [4.78, 5) is 4.10. The summed E-state index contributed by atoms with van der Waals surface area (Å²) in [7, 11) is 0. The van der Waals surface area contributed by atoms with Crippen LogP contribution in [-0.4, -0.2) is 31.5 Å². The molecule has 0 unspecified atom stereocenters. The van der Waals surface area contributed by atoms with E-state index in [4.69, 9.17) is 16.6 Å². The van der Waals surface area contributed by atoms with E-state index in [-0.39, 0.29) is 12.4 Å². The number of nitrogens with one attached hydrogen (secondary N) is 1. The Bertz CT molecular complexity index is 429. The van der Waals surface area contributed by atoms with E-state index in [9.17, 15) is 0 Å². The second kappa shape index (κ2) is 2.63. The van der Waals surface area contributed by atoms with Crippen LogP contribution < -0.4 is 11.5 Å². The maximum absolute atomic E-state index is 8.66. The first-order valence-electron chi connectivity index (χ1n) is 3.82. The van der Waals surface area contributed by atoms with E-state index in [1.807, 2.05) is 0 Å². The first-order chi connectivity index (χ1) is 6.22. The summed E-state index contributed by atoms with van der Waals surface area (Å²) < 4.78 is 1.40. The highest BCUT2D eigenvalue weighted by molar-refractivity contribution is 5.75. The molecule has 0 radical (unpaired) electrons. The van der Waals surface area contributed by atoms with Crippen LogP contribution in [-0.2, 0) is 6.42 Å². The largest absolute Gasteiger partial charge is 0.396 e. The van der Waals surface area contributed by atoms with Crippen molar-refractivity contribution < 1.29 is 5.11 Å². The molecular formula is C6H10N6O. The van der Waals surface area contributed by atoms with E-state index < -0.39 is 0 Å². The Kier molecular flexibility index (Phi) is 1.59. The summed E-state index contributed by atoms with van der Waals surface area (Å²) in [5.74, 6) is 0.894. The van der Waals surface area contributed by atoms with Crippen LogP contribution in [0.5, 0.6) is 0 Å². The second-order valence-electron chi connectivity index (χ2n) is 2.68. The molecule has 0 saturated heterocycles. The van der Waals surface area contributed by atoms with Gasteiger partial charge in [-0.15, -0.1) is 9.73 Å². The van der Waals surface area contributed by atoms with Crippen LogP contribution in [0.3, 0.4) is 0 Å². The molecule has 7 heteroatoms. The Hall–Kier alpha value is -1.76. The summed E-state index contributed by atoms with van der Waals surface area (Å²) in [5.41, 5.74) is 11.9. The van der Waals surface area contributed by atoms with Gasteiger partial charge in [0, 0.05) is 6.42 Å². The first-order valence-corrected chi connectivity index (χ1v) is 3.82. The summed E-state index contributed by atoms with van der Waals surface area (Å²) in [6, 6.07) is 0. The number of hydrogen-bond donors (Lipinski definition) is 4. The molecule has 0 saturated carbocycles. The Morgan fingerprint density at radius 2 is 2.23 bits per heavy atom. The predicted octanol–water partition coefficient (Wildman–Crippen LogP) is -1.24. The fraction of sp³-hybridized carbons (Fsp3) is 0.333. The molecule has 2 heterocycles. The van der Waals surface area contributed by atoms with Crippen LogP contribution in [0.2, 0.25) is 0 Å². The number of nitrogen functional groups attached to an aromatic ring is 2. The lowest BCUT2D eigenvalue weighted by Crippen LogP contribution is -1.97. The quantitative estimate of drug-likeness (QED) is 0.463. The minimum absolute atomic E-state index is 0.0338. The van der Waals surface area contributed by atoms with Gasteiger partial charge in [-0.2, -0.15) is 0 Å². The number of aromatic nitrogens is 4. The Balaban J connectivity index is 2.52. The standard InChI is InChI=1S/C6H10N6O/c7-4-5(8)11-12-6(4)9-3(10-12)1-2-13/h13H,1-2,7H2,(H2,8,11)(H,9,10). The summed E-state index contributed by atoms with van der Waals surface area (Å²) >= 11 is 0. The predicted molar refractivity (Wildman–Crippen MR) is 47.0 cm³/mol. The average molecular weight is 182 g/mol. The van der Waals surface area contributed by atoms with Crippen LogP contribution in [0, 0.1) is 0 Å². The lowest BCUT2D eigenvalue weighted by molar-refractivity contribution is 0.296. The van der Waals surface area contributed by atoms with Crippen molar-refractivity contribution in [3.05, 3.63) is 5.82 Å². The summed E-state index contributed by atoms with van der Waals surface area (Å²) in [6.07, 6.45) is 0.447. The van der Waals surface area contributed by atoms with Gasteiger partial charge in [0.05, 0.1) is 6.61 Å². The number of nitrogens with zero attached hydrogens (tertiary/aromatic N) is 3. The minimum Gasteiger partial charge on any atom is -0.396 e. The number of nitrogens with two attached hydrogens (primary N) is 2. The van der Waals surface area contributed by atoms with Crippen molar-refractivity contribution >= 4 is 17.2 Å². The molecule has 0 atom stereocenters. The molecule has 2 aromatic heterocycles. The van der Waals surface area contributed by atoms with Crippen LogP contribution in [0.1, 0.15) is 5.82 Å². The number of fused-ring (bicyclic) bond motifs is 1. The van der Waals surface area contributed by atoms with Crippen molar-refractivity contribution in [2.75, 3.05) is 18.1 Å². The van der Waals surface area contributed by atoms with Gasteiger partial charge in [0.2, 0.25) is 5.65 Å². The molecule has 6 N–H and O–H groups in total. The summed E-state index contributed by atoms with van der Waals surface area (Å²) in [5, 5.41) is 15.4. The fourth-order valence-electron chi connectivity index (χ4n) is 1.12. The topological polar surface area (TPSA) is 118 Å². The summed E-state index contributed by atoms with van der Waals surface area (Å²) in [6.45, 7) is 0.0338. The van der Waals surface area contributed by atoms with Crippen molar-refractivity contribution in [2.45, 2.75) is 6.42 Å². The third-order valence-electron chi connectivity index (χ3n) is 1.75. The third-order valence-corrected chi connectivity index (χ3v) is 1.75. The van der Waals surface area contributed by atoms with Gasteiger partial charge in [0.15, 0.2) is 5.82 Å². The zero-order valence-electron chi connectivity index (χ0n) is 6.86. The van der Waals surface area contributed by atoms with Gasteiger partial charge in [-0.25, -0.2) is 4.98 Å². The monoisotopic (exact) mass is 182 g/mol.